The van der Waals surface area contributed by atoms with Crippen molar-refractivity contribution in [1.29, 1.82) is 0 Å². The van der Waals surface area contributed by atoms with Gasteiger partial charge in [-0.15, -0.1) is 35.3 Å². The summed E-state index contributed by atoms with van der Waals surface area (Å²) in [5.41, 5.74) is 3.60. The van der Waals surface area contributed by atoms with Crippen molar-refractivity contribution in [2.75, 3.05) is 33.3 Å². The van der Waals surface area contributed by atoms with Crippen LogP contribution in [-0.4, -0.2) is 55.1 Å². The normalized spacial score (nSPS) is 14.9. The number of aryl methyl sites for hydroxylation is 1. The minimum atomic E-state index is -0.309. The highest BCUT2D eigenvalue weighted by molar-refractivity contribution is 14.0. The Morgan fingerprint density at radius 3 is 2.81 bits per heavy atom. The third-order valence-electron chi connectivity index (χ3n) is 5.15. The van der Waals surface area contributed by atoms with Crippen molar-refractivity contribution in [1.82, 2.24) is 20.5 Å². The van der Waals surface area contributed by atoms with Gasteiger partial charge in [0.15, 0.2) is 5.96 Å². The lowest BCUT2D eigenvalue weighted by Crippen LogP contribution is -2.43. The van der Waals surface area contributed by atoms with Gasteiger partial charge in [-0.05, 0) is 38.3 Å². The SMILES string of the molecule is CCOC(=O)c1sc(C(C)NC(=NC)NCCN2CCc3ccccc3C2)nc1C.I. The number of carbonyl (C=O) groups is 1. The second-order valence-electron chi connectivity index (χ2n) is 7.35. The Kier molecular flexibility index (Phi) is 10.2. The fourth-order valence-electron chi connectivity index (χ4n) is 3.53. The molecule has 7 nitrogen and oxygen atoms in total. The van der Waals surface area contributed by atoms with Gasteiger partial charge in [-0.2, -0.15) is 0 Å². The van der Waals surface area contributed by atoms with Crippen molar-refractivity contribution in [3.05, 3.63) is 51.0 Å². The van der Waals surface area contributed by atoms with E-state index >= 15 is 0 Å². The zero-order valence-corrected chi connectivity index (χ0v) is 21.8. The van der Waals surface area contributed by atoms with E-state index in [9.17, 15) is 4.79 Å². The Labute approximate surface area is 205 Å². The number of aliphatic imine (C=N–C) groups is 1. The van der Waals surface area contributed by atoms with E-state index in [1.54, 1.807) is 14.0 Å². The summed E-state index contributed by atoms with van der Waals surface area (Å²) in [6, 6.07) is 8.61. The van der Waals surface area contributed by atoms with Crippen LogP contribution in [0.15, 0.2) is 29.3 Å². The van der Waals surface area contributed by atoms with Crippen LogP contribution in [0.25, 0.3) is 0 Å². The summed E-state index contributed by atoms with van der Waals surface area (Å²) < 4.78 is 5.11. The van der Waals surface area contributed by atoms with E-state index in [1.807, 2.05) is 13.8 Å². The molecule has 1 aromatic heterocycles. The lowest BCUT2D eigenvalue weighted by molar-refractivity contribution is 0.0531. The summed E-state index contributed by atoms with van der Waals surface area (Å²) in [6.07, 6.45) is 1.10. The molecule has 1 aliphatic heterocycles. The number of carbonyl (C=O) groups excluding carboxylic acids is 1. The summed E-state index contributed by atoms with van der Waals surface area (Å²) in [5, 5.41) is 7.59. The average Bonchev–Trinajstić information content (AvgIpc) is 3.15. The molecule has 1 aliphatic rings. The first-order valence-electron chi connectivity index (χ1n) is 10.4. The van der Waals surface area contributed by atoms with Gasteiger partial charge in [-0.3, -0.25) is 9.89 Å². The van der Waals surface area contributed by atoms with E-state index in [1.165, 1.54) is 22.5 Å². The molecule has 1 atom stereocenters. The number of fused-ring (bicyclic) bond motifs is 1. The van der Waals surface area contributed by atoms with E-state index < -0.39 is 0 Å². The molecule has 170 valence electrons. The molecule has 0 radical (unpaired) electrons. The third-order valence-corrected chi connectivity index (χ3v) is 6.47. The van der Waals surface area contributed by atoms with Gasteiger partial charge < -0.3 is 15.4 Å². The van der Waals surface area contributed by atoms with Gasteiger partial charge in [0.2, 0.25) is 0 Å². The van der Waals surface area contributed by atoms with Gasteiger partial charge in [-0.1, -0.05) is 24.3 Å². The van der Waals surface area contributed by atoms with Crippen LogP contribution in [0, 0.1) is 6.92 Å². The Hall–Kier alpha value is -1.72. The average molecular weight is 558 g/mol. The maximum Gasteiger partial charge on any atom is 0.350 e. The van der Waals surface area contributed by atoms with Crippen LogP contribution < -0.4 is 10.6 Å². The number of esters is 1. The van der Waals surface area contributed by atoms with Crippen molar-refractivity contribution in [3.8, 4) is 0 Å². The molecule has 31 heavy (non-hydrogen) atoms. The summed E-state index contributed by atoms with van der Waals surface area (Å²) in [5.74, 6) is 0.419. The van der Waals surface area contributed by atoms with Crippen LogP contribution in [0.3, 0.4) is 0 Å². The molecule has 2 aromatic rings. The van der Waals surface area contributed by atoms with Crippen molar-refractivity contribution < 1.29 is 9.53 Å². The van der Waals surface area contributed by atoms with E-state index in [0.29, 0.717) is 17.2 Å². The minimum absolute atomic E-state index is 0. The smallest absolute Gasteiger partial charge is 0.350 e. The van der Waals surface area contributed by atoms with E-state index in [2.05, 4.69) is 49.8 Å². The molecule has 3 rings (SSSR count). The summed E-state index contributed by atoms with van der Waals surface area (Å²) in [4.78, 5) is 23.9. The van der Waals surface area contributed by atoms with E-state index in [0.717, 1.165) is 43.6 Å². The quantitative estimate of drug-likeness (QED) is 0.235. The molecular formula is C22H32IN5O2S. The molecule has 0 saturated heterocycles. The monoisotopic (exact) mass is 557 g/mol. The van der Waals surface area contributed by atoms with Crippen molar-refractivity contribution >= 4 is 47.2 Å². The summed E-state index contributed by atoms with van der Waals surface area (Å²) >= 11 is 1.37. The van der Waals surface area contributed by atoms with Gasteiger partial charge in [0.25, 0.3) is 0 Å². The van der Waals surface area contributed by atoms with Crippen LogP contribution in [-0.2, 0) is 17.7 Å². The minimum Gasteiger partial charge on any atom is -0.462 e. The number of ether oxygens (including phenoxy) is 1. The first kappa shape index (κ1) is 25.5. The van der Waals surface area contributed by atoms with Crippen molar-refractivity contribution in [2.24, 2.45) is 4.99 Å². The molecule has 1 unspecified atom stereocenters. The highest BCUT2D eigenvalue weighted by Crippen LogP contribution is 2.24. The number of thiazole rings is 1. The third kappa shape index (κ3) is 6.88. The molecule has 0 saturated carbocycles. The van der Waals surface area contributed by atoms with Crippen LogP contribution in [0.2, 0.25) is 0 Å². The zero-order valence-electron chi connectivity index (χ0n) is 18.6. The molecule has 0 bridgehead atoms. The first-order chi connectivity index (χ1) is 14.5. The number of nitrogens with one attached hydrogen (secondary N) is 2. The fraction of sp³-hybridized carbons (Fsp3) is 0.500. The Bertz CT molecular complexity index is 902. The highest BCUT2D eigenvalue weighted by atomic mass is 127. The maximum atomic E-state index is 12.0. The van der Waals surface area contributed by atoms with E-state index in [-0.39, 0.29) is 36.0 Å². The molecule has 2 N–H and O–H groups in total. The Balaban J connectivity index is 0.00000341. The summed E-state index contributed by atoms with van der Waals surface area (Å²) in [6.45, 7) is 9.85. The molecule has 0 spiro atoms. The fourth-order valence-corrected chi connectivity index (χ4v) is 4.49. The lowest BCUT2D eigenvalue weighted by Gasteiger charge is -2.29. The molecule has 2 heterocycles. The molecule has 1 aromatic carbocycles. The largest absolute Gasteiger partial charge is 0.462 e. The predicted molar refractivity (Wildman–Crippen MR) is 137 cm³/mol. The first-order valence-corrected chi connectivity index (χ1v) is 11.2. The lowest BCUT2D eigenvalue weighted by atomic mass is 10.00. The Morgan fingerprint density at radius 2 is 2.10 bits per heavy atom. The van der Waals surface area contributed by atoms with Gasteiger partial charge in [0.05, 0.1) is 18.3 Å². The van der Waals surface area contributed by atoms with Gasteiger partial charge >= 0.3 is 5.97 Å². The highest BCUT2D eigenvalue weighted by Gasteiger charge is 2.20. The topological polar surface area (TPSA) is 78.8 Å². The predicted octanol–water partition coefficient (Wildman–Crippen LogP) is 3.53. The standard InChI is InChI=1S/C22H31N5O2S.HI/c1-5-29-21(28)19-15(2)25-20(30-19)16(3)26-22(23-4)24-11-13-27-12-10-17-8-6-7-9-18(17)14-27;/h6-9,16H,5,10-14H2,1-4H3,(H2,23,24,26);1H. The second-order valence-corrected chi connectivity index (χ2v) is 8.38. The molecule has 0 aliphatic carbocycles. The zero-order chi connectivity index (χ0) is 21.5. The number of rotatable bonds is 7. The van der Waals surface area contributed by atoms with Crippen LogP contribution >= 0.6 is 35.3 Å². The van der Waals surface area contributed by atoms with Gasteiger partial charge in [-0.25, -0.2) is 9.78 Å². The number of benzene rings is 1. The molecule has 9 heteroatoms. The molecular weight excluding hydrogens is 525 g/mol. The van der Waals surface area contributed by atoms with Crippen molar-refractivity contribution in [3.63, 3.8) is 0 Å². The number of guanidine groups is 1. The number of nitrogens with zero attached hydrogens (tertiary/aromatic N) is 3. The van der Waals surface area contributed by atoms with Crippen LogP contribution in [0.5, 0.6) is 0 Å². The van der Waals surface area contributed by atoms with Crippen LogP contribution in [0.1, 0.15) is 51.4 Å². The van der Waals surface area contributed by atoms with Gasteiger partial charge in [0, 0.05) is 33.2 Å². The number of aromatic nitrogens is 1. The summed E-state index contributed by atoms with van der Waals surface area (Å²) in [7, 11) is 1.76. The molecule has 0 fully saturated rings. The Morgan fingerprint density at radius 1 is 1.35 bits per heavy atom. The second kappa shape index (κ2) is 12.4. The number of hydrogen-bond donors (Lipinski definition) is 2. The maximum absolute atomic E-state index is 12.0. The van der Waals surface area contributed by atoms with Crippen molar-refractivity contribution in [2.45, 2.75) is 39.8 Å². The van der Waals surface area contributed by atoms with Crippen LogP contribution in [0.4, 0.5) is 0 Å². The number of hydrogen-bond acceptors (Lipinski definition) is 6. The molecule has 0 amide bonds. The number of halogens is 1. The van der Waals surface area contributed by atoms with E-state index in [4.69, 9.17) is 4.74 Å². The van der Waals surface area contributed by atoms with Gasteiger partial charge in [0.1, 0.15) is 9.88 Å².